The number of ether oxygens (including phenoxy) is 2. The summed E-state index contributed by atoms with van der Waals surface area (Å²) in [6.45, 7) is 8.68. The second-order valence-electron chi connectivity index (χ2n) is 4.62. The topological polar surface area (TPSA) is 99.4 Å². The lowest BCUT2D eigenvalue weighted by atomic mass is 10.3. The number of hydrogen-bond acceptors (Lipinski definition) is 6. The standard InChI is InChI=1S/C8H18O.C4H10O3.C4H10O2/c1-3-5-7-9-8-6-4-2;5-1-3-7-4-2-6;1-2-4(6)3-5/h3-8H2,1-2H3;5-6H,1-4H2;4-6H,2-3H2,1H3. The molecule has 0 aliphatic rings. The van der Waals surface area contributed by atoms with Crippen LogP contribution in [0.1, 0.15) is 52.9 Å². The van der Waals surface area contributed by atoms with E-state index < -0.39 is 6.10 Å². The smallest absolute Gasteiger partial charge is 0.0768 e. The van der Waals surface area contributed by atoms with Gasteiger partial charge in [0, 0.05) is 13.2 Å². The van der Waals surface area contributed by atoms with Crippen molar-refractivity contribution in [1.29, 1.82) is 0 Å². The van der Waals surface area contributed by atoms with E-state index in [1.54, 1.807) is 0 Å². The molecule has 0 rings (SSSR count). The molecule has 0 spiro atoms. The quantitative estimate of drug-likeness (QED) is 0.404. The summed E-state index contributed by atoms with van der Waals surface area (Å²) in [5, 5.41) is 32.7. The molecular formula is C16H38O6. The molecule has 0 fully saturated rings. The summed E-state index contributed by atoms with van der Waals surface area (Å²) >= 11 is 0. The van der Waals surface area contributed by atoms with Gasteiger partial charge in [0.1, 0.15) is 0 Å². The van der Waals surface area contributed by atoms with Crippen LogP contribution in [0.15, 0.2) is 0 Å². The summed E-state index contributed by atoms with van der Waals surface area (Å²) in [7, 11) is 0. The number of aliphatic hydroxyl groups excluding tert-OH is 4. The van der Waals surface area contributed by atoms with Gasteiger partial charge in [0.2, 0.25) is 0 Å². The van der Waals surface area contributed by atoms with Gasteiger partial charge in [0.15, 0.2) is 0 Å². The molecule has 6 heteroatoms. The highest BCUT2D eigenvalue weighted by Gasteiger charge is 1.92. The highest BCUT2D eigenvalue weighted by Crippen LogP contribution is 1.91. The van der Waals surface area contributed by atoms with Crippen LogP contribution in [0.3, 0.4) is 0 Å². The predicted octanol–water partition coefficient (Wildman–Crippen LogP) is 1.34. The largest absolute Gasteiger partial charge is 0.394 e. The number of aliphatic hydroxyl groups is 4. The lowest BCUT2D eigenvalue weighted by molar-refractivity contribution is 0.0650. The zero-order chi connectivity index (χ0) is 17.5. The minimum atomic E-state index is -0.509. The molecule has 0 aliphatic heterocycles. The second kappa shape index (κ2) is 28.9. The van der Waals surface area contributed by atoms with Crippen molar-refractivity contribution in [3.63, 3.8) is 0 Å². The van der Waals surface area contributed by atoms with Crippen molar-refractivity contribution < 1.29 is 29.9 Å². The van der Waals surface area contributed by atoms with Gasteiger partial charge < -0.3 is 29.9 Å². The highest BCUT2D eigenvalue weighted by atomic mass is 16.5. The van der Waals surface area contributed by atoms with Crippen molar-refractivity contribution in [1.82, 2.24) is 0 Å². The third-order valence-electron chi connectivity index (χ3n) is 2.44. The summed E-state index contributed by atoms with van der Waals surface area (Å²) < 4.78 is 9.95. The summed E-state index contributed by atoms with van der Waals surface area (Å²) in [6.07, 6.45) is 5.03. The fraction of sp³-hybridized carbons (Fsp3) is 1.00. The molecule has 0 saturated heterocycles. The summed E-state index contributed by atoms with van der Waals surface area (Å²) in [5.41, 5.74) is 0. The SMILES string of the molecule is CCC(O)CO.CCCCOCCCC.OCCOCCO. The van der Waals surface area contributed by atoms with Crippen molar-refractivity contribution in [2.24, 2.45) is 0 Å². The van der Waals surface area contributed by atoms with Gasteiger partial charge in [-0.25, -0.2) is 0 Å². The van der Waals surface area contributed by atoms with E-state index in [1.165, 1.54) is 25.7 Å². The summed E-state index contributed by atoms with van der Waals surface area (Å²) in [4.78, 5) is 0. The first-order valence-electron chi connectivity index (χ1n) is 8.30. The molecule has 4 N–H and O–H groups in total. The third kappa shape index (κ3) is 36.7. The number of hydrogen-bond donors (Lipinski definition) is 4. The minimum absolute atomic E-state index is 0.0278. The molecule has 0 amide bonds. The molecule has 0 saturated carbocycles. The summed E-state index contributed by atoms with van der Waals surface area (Å²) in [6, 6.07) is 0. The Hall–Kier alpha value is -0.240. The predicted molar refractivity (Wildman–Crippen MR) is 89.0 cm³/mol. The van der Waals surface area contributed by atoms with E-state index >= 15 is 0 Å². The average Bonchev–Trinajstić information content (AvgIpc) is 2.56. The second-order valence-corrected chi connectivity index (χ2v) is 4.62. The first kappa shape index (κ1) is 26.6. The zero-order valence-electron chi connectivity index (χ0n) is 14.7. The first-order chi connectivity index (χ1) is 10.6. The van der Waals surface area contributed by atoms with Crippen molar-refractivity contribution in [3.8, 4) is 0 Å². The van der Waals surface area contributed by atoms with E-state index in [2.05, 4.69) is 18.6 Å². The van der Waals surface area contributed by atoms with E-state index in [0.717, 1.165) is 13.2 Å². The molecule has 0 radical (unpaired) electrons. The first-order valence-corrected chi connectivity index (χ1v) is 8.30. The monoisotopic (exact) mass is 326 g/mol. The van der Waals surface area contributed by atoms with E-state index in [1.807, 2.05) is 6.92 Å². The van der Waals surface area contributed by atoms with Gasteiger partial charge >= 0.3 is 0 Å². The van der Waals surface area contributed by atoms with Gasteiger partial charge in [-0.2, -0.15) is 0 Å². The number of unbranched alkanes of at least 4 members (excludes halogenated alkanes) is 2. The van der Waals surface area contributed by atoms with Crippen LogP contribution in [0.2, 0.25) is 0 Å². The van der Waals surface area contributed by atoms with Gasteiger partial charge in [-0.05, 0) is 19.3 Å². The van der Waals surface area contributed by atoms with Crippen molar-refractivity contribution >= 4 is 0 Å². The Morgan fingerprint density at radius 3 is 1.36 bits per heavy atom. The molecule has 1 unspecified atom stereocenters. The molecule has 1 atom stereocenters. The van der Waals surface area contributed by atoms with Crippen LogP contribution in [-0.2, 0) is 9.47 Å². The molecule has 0 aliphatic carbocycles. The Kier molecular flexibility index (Phi) is 35.0. The Labute approximate surface area is 136 Å². The molecule has 6 nitrogen and oxygen atoms in total. The molecule has 0 aromatic heterocycles. The molecule has 0 bridgehead atoms. The van der Waals surface area contributed by atoms with Crippen molar-refractivity contribution in [2.75, 3.05) is 46.2 Å². The lowest BCUT2D eigenvalue weighted by Crippen LogP contribution is -2.08. The molecule has 22 heavy (non-hydrogen) atoms. The molecule has 0 aromatic rings. The lowest BCUT2D eigenvalue weighted by Gasteiger charge is -1.99. The van der Waals surface area contributed by atoms with Crippen molar-refractivity contribution in [3.05, 3.63) is 0 Å². The van der Waals surface area contributed by atoms with Gasteiger partial charge in [0.25, 0.3) is 0 Å². The van der Waals surface area contributed by atoms with Gasteiger partial charge in [-0.3, -0.25) is 0 Å². The fourth-order valence-electron chi connectivity index (χ4n) is 0.955. The number of rotatable bonds is 12. The molecule has 0 aromatic carbocycles. The fourth-order valence-corrected chi connectivity index (χ4v) is 0.955. The van der Waals surface area contributed by atoms with E-state index in [4.69, 9.17) is 25.2 Å². The Balaban J connectivity index is -0.000000252. The maximum atomic E-state index is 8.42. The molecule has 0 heterocycles. The van der Waals surface area contributed by atoms with Crippen LogP contribution in [0, 0.1) is 0 Å². The maximum absolute atomic E-state index is 8.42. The van der Waals surface area contributed by atoms with Crippen LogP contribution in [0.5, 0.6) is 0 Å². The van der Waals surface area contributed by atoms with Crippen LogP contribution in [0.4, 0.5) is 0 Å². The average molecular weight is 326 g/mol. The van der Waals surface area contributed by atoms with Crippen LogP contribution in [-0.4, -0.2) is 72.8 Å². The Morgan fingerprint density at radius 1 is 0.727 bits per heavy atom. The minimum Gasteiger partial charge on any atom is -0.394 e. The third-order valence-corrected chi connectivity index (χ3v) is 2.44. The van der Waals surface area contributed by atoms with Crippen LogP contribution in [0.25, 0.3) is 0 Å². The zero-order valence-corrected chi connectivity index (χ0v) is 14.7. The summed E-state index contributed by atoms with van der Waals surface area (Å²) in [5.74, 6) is 0. The highest BCUT2D eigenvalue weighted by molar-refractivity contribution is 4.43. The van der Waals surface area contributed by atoms with E-state index in [-0.39, 0.29) is 19.8 Å². The van der Waals surface area contributed by atoms with E-state index in [9.17, 15) is 0 Å². The van der Waals surface area contributed by atoms with Gasteiger partial charge in [0.05, 0.1) is 39.1 Å². The Morgan fingerprint density at radius 2 is 1.14 bits per heavy atom. The van der Waals surface area contributed by atoms with Crippen molar-refractivity contribution in [2.45, 2.75) is 59.0 Å². The molecule has 138 valence electrons. The van der Waals surface area contributed by atoms with Gasteiger partial charge in [-0.15, -0.1) is 0 Å². The van der Waals surface area contributed by atoms with Gasteiger partial charge in [-0.1, -0.05) is 33.6 Å². The maximum Gasteiger partial charge on any atom is 0.0768 e. The Bertz CT molecular complexity index is 144. The van der Waals surface area contributed by atoms with E-state index in [0.29, 0.717) is 19.6 Å². The normalized spacial score (nSPS) is 11.0. The van der Waals surface area contributed by atoms with Crippen LogP contribution >= 0.6 is 0 Å². The molecular weight excluding hydrogens is 288 g/mol. The van der Waals surface area contributed by atoms with Crippen LogP contribution < -0.4 is 0 Å².